The molecule has 178 valence electrons. The maximum absolute atomic E-state index is 12.8. The summed E-state index contributed by atoms with van der Waals surface area (Å²) < 4.78 is 16.6. The molecule has 34 heavy (non-hydrogen) atoms. The molecular weight excluding hydrogens is 682 g/mol. The molecule has 1 aliphatic rings. The molecule has 3 rings (SSSR count). The average Bonchev–Trinajstić information content (AvgIpc) is 2.79. The SMILES string of the molecule is COC(=O)c1ccc(C(=O)OC2C(C)(C)C(OC(=S)c3ccc(C(=O)O)cc3)C2(C)C)cc1.[U]. The molecule has 7 nitrogen and oxygen atoms in total. The van der Waals surface area contributed by atoms with E-state index in [0.717, 1.165) is 0 Å². The summed E-state index contributed by atoms with van der Waals surface area (Å²) in [7, 11) is 1.29. The summed E-state index contributed by atoms with van der Waals surface area (Å²) in [5.74, 6) is -1.99. The van der Waals surface area contributed by atoms with E-state index in [1.165, 1.54) is 43.5 Å². The molecule has 1 fully saturated rings. The molecular formula is C25H26O7SU. The largest absolute Gasteiger partial charge is 0.478 e. The third-order valence-corrected chi connectivity index (χ3v) is 6.39. The van der Waals surface area contributed by atoms with Crippen molar-refractivity contribution in [1.29, 1.82) is 0 Å². The van der Waals surface area contributed by atoms with E-state index in [0.29, 0.717) is 16.7 Å². The standard InChI is InChI=1S/C25H26O7S.U/c1-24(2)22(31-20(29)16-10-8-15(9-11-16)19(28)30-5)25(3,4)23(24)32-21(33)17-12-6-14(7-13-17)18(26)27;/h6-13,22-23H,1-5H3,(H,26,27);. The van der Waals surface area contributed by atoms with Crippen molar-refractivity contribution in [1.82, 2.24) is 0 Å². The molecule has 0 radical (unpaired) electrons. The van der Waals surface area contributed by atoms with Gasteiger partial charge in [-0.1, -0.05) is 27.7 Å². The van der Waals surface area contributed by atoms with Gasteiger partial charge in [-0.25, -0.2) is 14.4 Å². The van der Waals surface area contributed by atoms with Crippen molar-refractivity contribution < 1.29 is 64.8 Å². The van der Waals surface area contributed by atoms with Gasteiger partial charge in [-0.3, -0.25) is 0 Å². The number of ether oxygens (including phenoxy) is 3. The van der Waals surface area contributed by atoms with Gasteiger partial charge in [0.05, 0.1) is 23.8 Å². The summed E-state index contributed by atoms with van der Waals surface area (Å²) >= 11 is 5.44. The predicted octanol–water partition coefficient (Wildman–Crippen LogP) is 4.52. The van der Waals surface area contributed by atoms with Crippen LogP contribution in [0.15, 0.2) is 48.5 Å². The van der Waals surface area contributed by atoms with Crippen molar-refractivity contribution in [3.8, 4) is 0 Å². The number of esters is 2. The first-order valence-electron chi connectivity index (χ1n) is 10.3. The second-order valence-corrected chi connectivity index (χ2v) is 9.54. The molecule has 0 heterocycles. The van der Waals surface area contributed by atoms with E-state index in [9.17, 15) is 14.4 Å². The zero-order valence-corrected chi connectivity index (χ0v) is 24.6. The van der Waals surface area contributed by atoms with Crippen LogP contribution in [0.25, 0.3) is 0 Å². The molecule has 0 unspecified atom stereocenters. The molecule has 2 aromatic rings. The van der Waals surface area contributed by atoms with E-state index in [4.69, 9.17) is 26.8 Å². The quantitative estimate of drug-likeness (QED) is 0.346. The Labute approximate surface area is 227 Å². The predicted molar refractivity (Wildman–Crippen MR) is 125 cm³/mol. The van der Waals surface area contributed by atoms with Gasteiger partial charge in [0.25, 0.3) is 0 Å². The van der Waals surface area contributed by atoms with Crippen LogP contribution in [-0.4, -0.2) is 47.4 Å². The summed E-state index contributed by atoms with van der Waals surface area (Å²) in [5, 5.41) is 9.30. The normalized spacial score (nSPS) is 19.6. The van der Waals surface area contributed by atoms with Crippen LogP contribution in [0.4, 0.5) is 0 Å². The van der Waals surface area contributed by atoms with Crippen LogP contribution in [0, 0.1) is 41.9 Å². The second-order valence-electron chi connectivity index (χ2n) is 9.16. The number of hydrogen-bond acceptors (Lipinski definition) is 7. The van der Waals surface area contributed by atoms with Crippen LogP contribution in [0.5, 0.6) is 0 Å². The Morgan fingerprint density at radius 2 is 1.12 bits per heavy atom. The topological polar surface area (TPSA) is 99.1 Å². The second kappa shape index (κ2) is 10.6. The van der Waals surface area contributed by atoms with Crippen molar-refractivity contribution >= 4 is 35.2 Å². The summed E-state index contributed by atoms with van der Waals surface area (Å²) in [4.78, 5) is 35.4. The number of carboxylic acids is 1. The molecule has 0 amide bonds. The number of carbonyl (C=O) groups excluding carboxylic acids is 2. The number of thiocarbonyl (C=S) groups is 1. The molecule has 0 bridgehead atoms. The number of methoxy groups -OCH3 is 1. The fraction of sp³-hybridized carbons (Fsp3) is 0.360. The Bertz CT molecular complexity index is 1080. The molecule has 1 saturated carbocycles. The van der Waals surface area contributed by atoms with Crippen LogP contribution in [0.2, 0.25) is 0 Å². The van der Waals surface area contributed by atoms with Gasteiger partial charge in [0.15, 0.2) is 5.05 Å². The number of rotatable bonds is 6. The van der Waals surface area contributed by atoms with Crippen molar-refractivity contribution in [3.63, 3.8) is 0 Å². The van der Waals surface area contributed by atoms with Gasteiger partial charge in [-0.2, -0.15) is 0 Å². The monoisotopic (exact) mass is 708 g/mol. The van der Waals surface area contributed by atoms with Gasteiger partial charge in [0.2, 0.25) is 0 Å². The van der Waals surface area contributed by atoms with Crippen LogP contribution in [0.1, 0.15) is 64.3 Å². The molecule has 1 aliphatic carbocycles. The van der Waals surface area contributed by atoms with E-state index >= 15 is 0 Å². The molecule has 2 aromatic carbocycles. The van der Waals surface area contributed by atoms with Gasteiger partial charge in [0.1, 0.15) is 12.2 Å². The summed E-state index contributed by atoms with van der Waals surface area (Å²) in [6, 6.07) is 12.2. The van der Waals surface area contributed by atoms with E-state index in [2.05, 4.69) is 4.74 Å². The maximum Gasteiger partial charge on any atom is 0.338 e. The van der Waals surface area contributed by atoms with Crippen LogP contribution < -0.4 is 0 Å². The molecule has 0 saturated heterocycles. The van der Waals surface area contributed by atoms with Gasteiger partial charge >= 0.3 is 17.9 Å². The maximum atomic E-state index is 12.8. The van der Waals surface area contributed by atoms with E-state index in [1.807, 2.05) is 27.7 Å². The van der Waals surface area contributed by atoms with Crippen LogP contribution in [-0.2, 0) is 14.2 Å². The molecule has 1 N–H and O–H groups in total. The third kappa shape index (κ3) is 5.37. The summed E-state index contributed by atoms with van der Waals surface area (Å²) in [6.45, 7) is 7.77. The van der Waals surface area contributed by atoms with Crippen molar-refractivity contribution in [3.05, 3.63) is 70.8 Å². The Kier molecular flexibility index (Phi) is 8.73. The summed E-state index contributed by atoms with van der Waals surface area (Å²) in [6.07, 6.45) is -0.781. The van der Waals surface area contributed by atoms with Crippen molar-refractivity contribution in [2.45, 2.75) is 39.9 Å². The average molecular weight is 709 g/mol. The fourth-order valence-electron chi connectivity index (χ4n) is 4.66. The number of carboxylic acid groups (broad SMARTS) is 1. The minimum absolute atomic E-state index is 0. The van der Waals surface area contributed by atoms with E-state index in [-0.39, 0.29) is 47.8 Å². The number of carbonyl (C=O) groups is 3. The van der Waals surface area contributed by atoms with E-state index in [1.54, 1.807) is 12.1 Å². The minimum atomic E-state index is -1.01. The Morgan fingerprint density at radius 1 is 0.735 bits per heavy atom. The molecule has 0 aromatic heterocycles. The Hall–Kier alpha value is -2.21. The third-order valence-electron chi connectivity index (χ3n) is 6.06. The smallest absolute Gasteiger partial charge is 0.338 e. The van der Waals surface area contributed by atoms with E-state index < -0.39 is 34.8 Å². The first-order valence-corrected chi connectivity index (χ1v) is 10.7. The van der Waals surface area contributed by atoms with Crippen LogP contribution >= 0.6 is 12.2 Å². The first-order chi connectivity index (χ1) is 15.4. The number of benzene rings is 2. The van der Waals surface area contributed by atoms with Gasteiger partial charge in [-0.15, -0.1) is 0 Å². The summed E-state index contributed by atoms with van der Waals surface area (Å²) in [5.41, 5.74) is 0.376. The minimum Gasteiger partial charge on any atom is -0.478 e. The molecule has 9 heteroatoms. The zero-order chi connectivity index (χ0) is 24.6. The van der Waals surface area contributed by atoms with Gasteiger partial charge < -0.3 is 19.3 Å². The van der Waals surface area contributed by atoms with Gasteiger partial charge in [0, 0.05) is 47.5 Å². The first kappa shape index (κ1) is 28.0. The van der Waals surface area contributed by atoms with Crippen molar-refractivity contribution in [2.24, 2.45) is 10.8 Å². The molecule has 0 atom stereocenters. The zero-order valence-electron chi connectivity index (χ0n) is 19.6. The molecule has 0 spiro atoms. The Morgan fingerprint density at radius 3 is 1.56 bits per heavy atom. The van der Waals surface area contributed by atoms with Crippen molar-refractivity contribution in [2.75, 3.05) is 7.11 Å². The number of aromatic carboxylic acids is 1. The van der Waals surface area contributed by atoms with Crippen LogP contribution in [0.3, 0.4) is 0 Å². The number of hydrogen-bond donors (Lipinski definition) is 1. The van der Waals surface area contributed by atoms with Gasteiger partial charge in [-0.05, 0) is 60.7 Å². The fourth-order valence-corrected chi connectivity index (χ4v) is 4.90. The molecule has 0 aliphatic heterocycles. The Balaban J connectivity index is 0.00000408.